The van der Waals surface area contributed by atoms with Crippen LogP contribution in [0, 0.1) is 6.07 Å². The van der Waals surface area contributed by atoms with Crippen molar-refractivity contribution in [3.63, 3.8) is 0 Å². The lowest BCUT2D eigenvalue weighted by molar-refractivity contribution is 1.59. The number of halogens is 2. The molecule has 2 aromatic rings. The third-order valence-electron chi connectivity index (χ3n) is 2.09. The molecule has 0 aliphatic heterocycles. The third-order valence-corrected chi connectivity index (χ3v) is 2.73. The fourth-order valence-corrected chi connectivity index (χ4v) is 2.15. The average Bonchev–Trinajstić information content (AvgIpc) is 2.28. The summed E-state index contributed by atoms with van der Waals surface area (Å²) in [7, 11) is 0. The molecule has 0 saturated carbocycles. The fourth-order valence-electron chi connectivity index (χ4n) is 1.39. The molecule has 2 nitrogen and oxygen atoms in total. The Morgan fingerprint density at radius 3 is 2.33 bits per heavy atom. The molecule has 0 atom stereocenters. The Morgan fingerprint density at radius 2 is 1.72 bits per heavy atom. The van der Waals surface area contributed by atoms with Crippen molar-refractivity contribution in [1.29, 1.82) is 0 Å². The number of nitrogens with one attached hydrogen (secondary N) is 2. The van der Waals surface area contributed by atoms with Gasteiger partial charge in [0.2, 0.25) is 0 Å². The van der Waals surface area contributed by atoms with Crippen molar-refractivity contribution < 1.29 is 0 Å². The summed E-state index contributed by atoms with van der Waals surface area (Å²) in [5.74, 6) is 0. The summed E-state index contributed by atoms with van der Waals surface area (Å²) in [6.45, 7) is 0. The molecule has 0 aromatic heterocycles. The largest absolute Gasteiger partial charge is 0.332 e. The number of hydrogen-bond acceptors (Lipinski definition) is 1. The predicted octanol–water partition coefficient (Wildman–Crippen LogP) is 4.60. The molecule has 18 heavy (non-hydrogen) atoms. The van der Waals surface area contributed by atoms with Gasteiger partial charge in [0.1, 0.15) is 0 Å². The van der Waals surface area contributed by atoms with Gasteiger partial charge in [-0.15, -0.1) is 0 Å². The Hall–Kier alpha value is -1.29. The highest BCUT2D eigenvalue weighted by Gasteiger charge is 2.01. The second-order valence-corrected chi connectivity index (χ2v) is 4.81. The molecule has 0 spiro atoms. The molecule has 0 amide bonds. The van der Waals surface area contributed by atoms with E-state index < -0.39 is 0 Å². The van der Waals surface area contributed by atoms with Crippen molar-refractivity contribution in [2.24, 2.45) is 0 Å². The zero-order chi connectivity index (χ0) is 13.0. The summed E-state index contributed by atoms with van der Waals surface area (Å²) < 4.78 is 0. The summed E-state index contributed by atoms with van der Waals surface area (Å²) in [4.78, 5) is 0. The van der Waals surface area contributed by atoms with Gasteiger partial charge < -0.3 is 10.6 Å². The van der Waals surface area contributed by atoms with Gasteiger partial charge in [-0.3, -0.25) is 0 Å². The number of rotatable bonds is 2. The maximum atomic E-state index is 5.90. The fraction of sp³-hybridized carbons (Fsp3) is 0. The van der Waals surface area contributed by atoms with Crippen molar-refractivity contribution in [3.05, 3.63) is 58.6 Å². The summed E-state index contributed by atoms with van der Waals surface area (Å²) in [5, 5.41) is 7.62. The van der Waals surface area contributed by atoms with Crippen LogP contribution in [0.3, 0.4) is 0 Å². The molecule has 2 N–H and O–H groups in total. The van der Waals surface area contributed by atoms with Crippen molar-refractivity contribution in [2.75, 3.05) is 10.6 Å². The second-order valence-electron chi connectivity index (χ2n) is 3.53. The summed E-state index contributed by atoms with van der Waals surface area (Å²) in [6, 6.07) is 15.5. The lowest BCUT2D eigenvalue weighted by Gasteiger charge is -2.10. The van der Waals surface area contributed by atoms with E-state index >= 15 is 0 Å². The van der Waals surface area contributed by atoms with Crippen molar-refractivity contribution >= 4 is 51.9 Å². The Labute approximate surface area is 121 Å². The molecule has 0 aliphatic rings. The molecule has 0 unspecified atom stereocenters. The van der Waals surface area contributed by atoms with Gasteiger partial charge in [-0.25, -0.2) is 0 Å². The maximum absolute atomic E-state index is 5.90. The minimum atomic E-state index is 0.466. The van der Waals surface area contributed by atoms with E-state index in [0.717, 1.165) is 11.4 Å². The Morgan fingerprint density at radius 1 is 1.06 bits per heavy atom. The predicted molar refractivity (Wildman–Crippen MR) is 81.6 cm³/mol. The topological polar surface area (TPSA) is 24.1 Å². The highest BCUT2D eigenvalue weighted by molar-refractivity contribution is 7.80. The number of benzene rings is 2. The Kier molecular flexibility index (Phi) is 4.42. The molecule has 91 valence electrons. The summed E-state index contributed by atoms with van der Waals surface area (Å²) >= 11 is 17.0. The van der Waals surface area contributed by atoms with Gasteiger partial charge in [-0.05, 0) is 48.6 Å². The smallest absolute Gasteiger partial charge is 0.175 e. The van der Waals surface area contributed by atoms with E-state index in [9.17, 15) is 0 Å². The van der Waals surface area contributed by atoms with Crippen LogP contribution < -0.4 is 10.6 Å². The Bertz CT molecular complexity index is 538. The molecule has 2 aromatic carbocycles. The average molecular weight is 296 g/mol. The normalized spacial score (nSPS) is 9.89. The SMILES string of the molecule is S=C(Nc1c[c]ccc1)Nc1cc(Cl)cc(Cl)c1. The molecule has 0 fully saturated rings. The molecular formula is C13H9Cl2N2S. The van der Waals surface area contributed by atoms with Crippen molar-refractivity contribution in [3.8, 4) is 0 Å². The molecule has 0 heterocycles. The van der Waals surface area contributed by atoms with Crippen LogP contribution in [0.15, 0.2) is 42.5 Å². The lowest BCUT2D eigenvalue weighted by Crippen LogP contribution is -2.18. The number of thiocarbonyl (C=S) groups is 1. The molecular weight excluding hydrogens is 287 g/mol. The standard InChI is InChI=1S/C13H9Cl2N2S/c14-9-6-10(15)8-12(7-9)17-13(18)16-11-4-2-1-3-5-11/h1-2,4-8H,(H2,16,17,18). The van der Waals surface area contributed by atoms with E-state index in [-0.39, 0.29) is 0 Å². The van der Waals surface area contributed by atoms with Crippen LogP contribution in [-0.4, -0.2) is 5.11 Å². The minimum absolute atomic E-state index is 0.466. The molecule has 5 heteroatoms. The van der Waals surface area contributed by atoms with Crippen LogP contribution in [0.5, 0.6) is 0 Å². The monoisotopic (exact) mass is 295 g/mol. The van der Waals surface area contributed by atoms with Crippen molar-refractivity contribution in [2.45, 2.75) is 0 Å². The molecule has 0 saturated heterocycles. The van der Waals surface area contributed by atoms with E-state index in [1.54, 1.807) is 24.3 Å². The number of hydrogen-bond donors (Lipinski definition) is 2. The molecule has 2 rings (SSSR count). The lowest BCUT2D eigenvalue weighted by atomic mass is 10.3. The third kappa shape index (κ3) is 3.88. The number of anilines is 2. The first-order chi connectivity index (χ1) is 8.63. The highest BCUT2D eigenvalue weighted by atomic mass is 35.5. The second kappa shape index (κ2) is 6.05. The zero-order valence-corrected chi connectivity index (χ0v) is 11.5. The van der Waals surface area contributed by atoms with Gasteiger partial charge in [-0.2, -0.15) is 0 Å². The summed E-state index contributed by atoms with van der Waals surface area (Å²) in [6.07, 6.45) is 0. The van der Waals surface area contributed by atoms with Gasteiger partial charge >= 0.3 is 0 Å². The van der Waals surface area contributed by atoms with Gasteiger partial charge in [0.05, 0.1) is 0 Å². The summed E-state index contributed by atoms with van der Waals surface area (Å²) in [5.41, 5.74) is 1.60. The van der Waals surface area contributed by atoms with E-state index in [1.165, 1.54) is 0 Å². The Balaban J connectivity index is 2.03. The van der Waals surface area contributed by atoms with Crippen LogP contribution in [0.1, 0.15) is 0 Å². The van der Waals surface area contributed by atoms with Crippen LogP contribution >= 0.6 is 35.4 Å². The minimum Gasteiger partial charge on any atom is -0.332 e. The first kappa shape index (κ1) is 13.1. The van der Waals surface area contributed by atoms with Crippen LogP contribution in [0.25, 0.3) is 0 Å². The first-order valence-electron chi connectivity index (χ1n) is 5.14. The van der Waals surface area contributed by atoms with E-state index in [2.05, 4.69) is 16.7 Å². The van der Waals surface area contributed by atoms with Gasteiger partial charge in [0.25, 0.3) is 0 Å². The van der Waals surface area contributed by atoms with E-state index in [1.807, 2.05) is 18.2 Å². The van der Waals surface area contributed by atoms with Crippen LogP contribution in [0.4, 0.5) is 11.4 Å². The van der Waals surface area contributed by atoms with Gasteiger partial charge in [-0.1, -0.05) is 35.3 Å². The van der Waals surface area contributed by atoms with E-state index in [4.69, 9.17) is 35.4 Å². The van der Waals surface area contributed by atoms with Gasteiger partial charge in [0.15, 0.2) is 5.11 Å². The molecule has 0 aliphatic carbocycles. The zero-order valence-electron chi connectivity index (χ0n) is 9.21. The molecule has 0 bridgehead atoms. The maximum Gasteiger partial charge on any atom is 0.175 e. The van der Waals surface area contributed by atoms with Crippen LogP contribution in [-0.2, 0) is 0 Å². The van der Waals surface area contributed by atoms with Gasteiger partial charge in [0, 0.05) is 21.4 Å². The highest BCUT2D eigenvalue weighted by Crippen LogP contribution is 2.22. The van der Waals surface area contributed by atoms with Crippen LogP contribution in [0.2, 0.25) is 10.0 Å². The van der Waals surface area contributed by atoms with Crippen molar-refractivity contribution in [1.82, 2.24) is 0 Å². The molecule has 1 radical (unpaired) electrons. The quantitative estimate of drug-likeness (QED) is 0.792. The first-order valence-corrected chi connectivity index (χ1v) is 6.30. The van der Waals surface area contributed by atoms with E-state index in [0.29, 0.717) is 15.2 Å².